The van der Waals surface area contributed by atoms with Crippen molar-refractivity contribution in [2.24, 2.45) is 11.1 Å². The highest BCUT2D eigenvalue weighted by molar-refractivity contribution is 6.30. The lowest BCUT2D eigenvalue weighted by molar-refractivity contribution is 0.534. The average Bonchev–Trinajstić information content (AvgIpc) is 2.68. The first-order valence-corrected chi connectivity index (χ1v) is 8.62. The summed E-state index contributed by atoms with van der Waals surface area (Å²) in [6.07, 6.45) is 1.78. The first-order valence-electron chi connectivity index (χ1n) is 8.24. The second kappa shape index (κ2) is 7.00. The predicted octanol–water partition coefficient (Wildman–Crippen LogP) is 4.60. The summed E-state index contributed by atoms with van der Waals surface area (Å²) in [7, 11) is 0. The molecule has 0 heterocycles. The zero-order chi connectivity index (χ0) is 19.6. The lowest BCUT2D eigenvalue weighted by Crippen LogP contribution is -2.35. The number of allylic oxidation sites excluding steroid dienone is 4. The maximum Gasteiger partial charge on any atom is 0.194 e. The van der Waals surface area contributed by atoms with Crippen molar-refractivity contribution in [3.63, 3.8) is 0 Å². The summed E-state index contributed by atoms with van der Waals surface area (Å²) in [4.78, 5) is 0. The van der Waals surface area contributed by atoms with E-state index in [9.17, 15) is 15.8 Å². The lowest BCUT2D eigenvalue weighted by Gasteiger charge is -2.33. The molecule has 0 aliphatic heterocycles. The highest BCUT2D eigenvalue weighted by Crippen LogP contribution is 2.49. The molecule has 130 valence electrons. The van der Waals surface area contributed by atoms with E-state index in [2.05, 4.69) is 6.07 Å². The Morgan fingerprint density at radius 1 is 1.04 bits per heavy atom. The Morgan fingerprint density at radius 2 is 1.70 bits per heavy atom. The molecule has 1 atom stereocenters. The third-order valence-corrected chi connectivity index (χ3v) is 5.03. The molecule has 2 aromatic carbocycles. The van der Waals surface area contributed by atoms with Gasteiger partial charge in [-0.05, 0) is 35.8 Å². The van der Waals surface area contributed by atoms with Gasteiger partial charge in [-0.25, -0.2) is 0 Å². The van der Waals surface area contributed by atoms with Gasteiger partial charge >= 0.3 is 0 Å². The van der Waals surface area contributed by atoms with Crippen LogP contribution in [0.5, 0.6) is 0 Å². The van der Waals surface area contributed by atoms with Gasteiger partial charge in [0.1, 0.15) is 6.07 Å². The van der Waals surface area contributed by atoms with Crippen LogP contribution < -0.4 is 5.73 Å². The number of halogens is 1. The molecule has 0 fully saturated rings. The van der Waals surface area contributed by atoms with E-state index >= 15 is 0 Å². The summed E-state index contributed by atoms with van der Waals surface area (Å²) in [5, 5.41) is 29.9. The van der Waals surface area contributed by atoms with Gasteiger partial charge in [0.05, 0.1) is 23.4 Å². The van der Waals surface area contributed by atoms with Crippen molar-refractivity contribution in [3.8, 4) is 18.2 Å². The van der Waals surface area contributed by atoms with Crippen molar-refractivity contribution in [2.45, 2.75) is 12.8 Å². The lowest BCUT2D eigenvalue weighted by atomic mass is 9.65. The number of nitrogens with zero attached hydrogens (tertiary/aromatic N) is 3. The molecule has 4 nitrogen and oxygen atoms in total. The minimum absolute atomic E-state index is 0.0296. The van der Waals surface area contributed by atoms with Crippen LogP contribution in [0.25, 0.3) is 5.57 Å². The smallest absolute Gasteiger partial charge is 0.194 e. The van der Waals surface area contributed by atoms with Crippen molar-refractivity contribution in [2.75, 3.05) is 0 Å². The van der Waals surface area contributed by atoms with E-state index in [-0.39, 0.29) is 11.3 Å². The third-order valence-electron chi connectivity index (χ3n) is 4.80. The van der Waals surface area contributed by atoms with E-state index in [1.54, 1.807) is 30.3 Å². The Morgan fingerprint density at radius 3 is 2.26 bits per heavy atom. The van der Waals surface area contributed by atoms with E-state index in [0.717, 1.165) is 11.1 Å². The minimum Gasteiger partial charge on any atom is -0.399 e. The molecule has 0 spiro atoms. The van der Waals surface area contributed by atoms with Gasteiger partial charge in [0, 0.05) is 10.9 Å². The molecule has 0 saturated carbocycles. The summed E-state index contributed by atoms with van der Waals surface area (Å²) in [5.74, 6) is -0.653. The molecular weight excluding hydrogens is 356 g/mol. The number of hydrogen-bond donors (Lipinski definition) is 1. The fourth-order valence-electron chi connectivity index (χ4n) is 3.31. The summed E-state index contributed by atoms with van der Waals surface area (Å²) >= 11 is 6.12. The van der Waals surface area contributed by atoms with E-state index < -0.39 is 11.3 Å². The van der Waals surface area contributed by atoms with E-state index in [1.165, 1.54) is 0 Å². The number of nitriles is 3. The third kappa shape index (κ3) is 2.96. The summed E-state index contributed by atoms with van der Waals surface area (Å²) in [5.41, 5.74) is 7.89. The van der Waals surface area contributed by atoms with Crippen molar-refractivity contribution >= 4 is 17.2 Å². The van der Waals surface area contributed by atoms with Crippen LogP contribution in [0.3, 0.4) is 0 Å². The van der Waals surface area contributed by atoms with Gasteiger partial charge < -0.3 is 5.73 Å². The fraction of sp³-hybridized carbons (Fsp3) is 0.136. The molecule has 0 aromatic heterocycles. The Labute approximate surface area is 163 Å². The molecule has 0 radical (unpaired) electrons. The van der Waals surface area contributed by atoms with Crippen LogP contribution in [-0.2, 0) is 0 Å². The van der Waals surface area contributed by atoms with Crippen LogP contribution in [0.1, 0.15) is 22.6 Å². The van der Waals surface area contributed by atoms with E-state index in [0.29, 0.717) is 16.2 Å². The van der Waals surface area contributed by atoms with Crippen LogP contribution in [0, 0.1) is 46.3 Å². The van der Waals surface area contributed by atoms with E-state index in [4.69, 9.17) is 17.3 Å². The Kier molecular flexibility index (Phi) is 4.74. The molecular formula is C22H15ClN4. The SMILES string of the molecule is Cc1ccc(C2=CC(c3cccc(Cl)c3)C(C#N)(C#N)C(N)=C2C#N)cc1. The number of rotatable bonds is 2. The van der Waals surface area contributed by atoms with Gasteiger partial charge in [0.2, 0.25) is 0 Å². The molecule has 1 aliphatic rings. The minimum atomic E-state index is -1.68. The number of benzene rings is 2. The molecule has 1 aliphatic carbocycles. The Balaban J connectivity index is 2.31. The molecule has 5 heteroatoms. The second-order valence-electron chi connectivity index (χ2n) is 6.41. The number of hydrogen-bond acceptors (Lipinski definition) is 4. The van der Waals surface area contributed by atoms with Gasteiger partial charge in [-0.2, -0.15) is 15.8 Å². The molecule has 2 aromatic rings. The predicted molar refractivity (Wildman–Crippen MR) is 104 cm³/mol. The van der Waals surface area contributed by atoms with Crippen LogP contribution in [-0.4, -0.2) is 0 Å². The van der Waals surface area contributed by atoms with Gasteiger partial charge in [0.25, 0.3) is 0 Å². The highest BCUT2D eigenvalue weighted by Gasteiger charge is 2.47. The zero-order valence-corrected chi connectivity index (χ0v) is 15.3. The number of aryl methyl sites for hydroxylation is 1. The molecule has 0 saturated heterocycles. The summed E-state index contributed by atoms with van der Waals surface area (Å²) < 4.78 is 0. The largest absolute Gasteiger partial charge is 0.399 e. The topological polar surface area (TPSA) is 97.4 Å². The quantitative estimate of drug-likeness (QED) is 0.835. The van der Waals surface area contributed by atoms with Gasteiger partial charge in [-0.15, -0.1) is 0 Å². The van der Waals surface area contributed by atoms with Crippen molar-refractivity contribution in [3.05, 3.63) is 87.6 Å². The monoisotopic (exact) mass is 370 g/mol. The Bertz CT molecular complexity index is 1070. The molecule has 0 bridgehead atoms. The maximum atomic E-state index is 9.86. The fourth-order valence-corrected chi connectivity index (χ4v) is 3.51. The number of nitrogens with two attached hydrogens (primary N) is 1. The summed E-state index contributed by atoms with van der Waals surface area (Å²) in [6, 6.07) is 20.8. The van der Waals surface area contributed by atoms with Crippen molar-refractivity contribution in [1.82, 2.24) is 0 Å². The Hall–Kier alpha value is -3.52. The molecule has 3 rings (SSSR count). The van der Waals surface area contributed by atoms with Crippen LogP contribution in [0.4, 0.5) is 0 Å². The zero-order valence-electron chi connectivity index (χ0n) is 14.6. The van der Waals surface area contributed by atoms with Crippen LogP contribution in [0.15, 0.2) is 65.9 Å². The first kappa shape index (κ1) is 18.3. The van der Waals surface area contributed by atoms with Crippen LogP contribution >= 0.6 is 11.6 Å². The standard InChI is InChI=1S/C22H15ClN4/c1-14-5-7-15(8-6-14)18-10-20(16-3-2-4-17(23)9-16)22(12-25,13-26)21(27)19(18)11-24/h2-10,20H,27H2,1H3. The van der Waals surface area contributed by atoms with Gasteiger partial charge in [-0.3, -0.25) is 0 Å². The average molecular weight is 371 g/mol. The maximum absolute atomic E-state index is 9.86. The first-order chi connectivity index (χ1) is 13.0. The second-order valence-corrected chi connectivity index (χ2v) is 6.85. The molecule has 2 N–H and O–H groups in total. The van der Waals surface area contributed by atoms with Gasteiger partial charge in [-0.1, -0.05) is 59.6 Å². The highest BCUT2D eigenvalue weighted by atomic mass is 35.5. The van der Waals surface area contributed by atoms with E-state index in [1.807, 2.05) is 43.3 Å². The normalized spacial score (nSPS) is 18.0. The molecule has 0 amide bonds. The molecule has 1 unspecified atom stereocenters. The van der Waals surface area contributed by atoms with Crippen molar-refractivity contribution < 1.29 is 0 Å². The summed E-state index contributed by atoms with van der Waals surface area (Å²) in [6.45, 7) is 1.97. The van der Waals surface area contributed by atoms with Crippen LogP contribution in [0.2, 0.25) is 5.02 Å². The molecule has 27 heavy (non-hydrogen) atoms. The van der Waals surface area contributed by atoms with Crippen molar-refractivity contribution in [1.29, 1.82) is 15.8 Å². The van der Waals surface area contributed by atoms with Gasteiger partial charge in [0.15, 0.2) is 5.41 Å².